The number of hydrogen-bond donors (Lipinski definition) is 1. The molecule has 0 aromatic rings. The highest BCUT2D eigenvalue weighted by atomic mass is 31.2. The zero-order chi connectivity index (χ0) is 74.7. The van der Waals surface area contributed by atoms with E-state index in [2.05, 4.69) is 123 Å². The molecule has 0 aromatic carbocycles. The van der Waals surface area contributed by atoms with Crippen LogP contribution in [-0.4, -0.2) is 74.9 Å². The van der Waals surface area contributed by atoms with Crippen LogP contribution in [0.1, 0.15) is 418 Å². The lowest BCUT2D eigenvalue weighted by atomic mass is 10.0. The second-order valence-corrected chi connectivity index (χ2v) is 32.4. The van der Waals surface area contributed by atoms with Gasteiger partial charge in [0.25, 0.3) is 0 Å². The molecule has 0 saturated carbocycles. The first kappa shape index (κ1) is 99.7. The van der Waals surface area contributed by atoms with Gasteiger partial charge in [-0.1, -0.05) is 431 Å². The lowest BCUT2D eigenvalue weighted by molar-refractivity contribution is -0.870. The predicted octanol–water partition coefficient (Wildman–Crippen LogP) is 29.9. The number of esters is 2. The van der Waals surface area contributed by atoms with Crippen LogP contribution in [-0.2, 0) is 32.7 Å². The van der Waals surface area contributed by atoms with Gasteiger partial charge in [0.1, 0.15) is 19.8 Å². The Labute approximate surface area is 639 Å². The van der Waals surface area contributed by atoms with E-state index < -0.39 is 26.5 Å². The van der Waals surface area contributed by atoms with Gasteiger partial charge in [0.15, 0.2) is 6.10 Å². The smallest absolute Gasteiger partial charge is 0.462 e. The summed E-state index contributed by atoms with van der Waals surface area (Å²) in [6, 6.07) is 0. The van der Waals surface area contributed by atoms with Crippen molar-refractivity contribution in [2.45, 2.75) is 424 Å². The maximum atomic E-state index is 12.9. The molecule has 103 heavy (non-hydrogen) atoms. The Kier molecular flexibility index (Phi) is 80.0. The first-order valence-electron chi connectivity index (χ1n) is 44.1. The van der Waals surface area contributed by atoms with E-state index in [1.807, 2.05) is 21.1 Å². The number of allylic oxidation sites excluding steroid dienone is 18. The lowest BCUT2D eigenvalue weighted by Crippen LogP contribution is -2.37. The van der Waals surface area contributed by atoms with E-state index in [1.54, 1.807) is 0 Å². The number of hydrogen-bond acceptors (Lipinski definition) is 7. The first-order valence-corrected chi connectivity index (χ1v) is 45.6. The molecule has 0 spiro atoms. The molecule has 0 aliphatic heterocycles. The van der Waals surface area contributed by atoms with Gasteiger partial charge in [-0.25, -0.2) is 4.57 Å². The second-order valence-electron chi connectivity index (χ2n) is 30.9. The van der Waals surface area contributed by atoms with Crippen LogP contribution in [0.2, 0.25) is 0 Å². The molecule has 0 heterocycles. The highest BCUT2D eigenvalue weighted by Gasteiger charge is 2.27. The van der Waals surface area contributed by atoms with E-state index in [4.69, 9.17) is 18.5 Å². The summed E-state index contributed by atoms with van der Waals surface area (Å²) in [5.41, 5.74) is 0. The van der Waals surface area contributed by atoms with Crippen molar-refractivity contribution in [3.63, 3.8) is 0 Å². The Hall–Kier alpha value is -3.33. The van der Waals surface area contributed by atoms with E-state index in [1.165, 1.54) is 283 Å². The number of rotatable bonds is 82. The number of unbranched alkanes of at least 4 members (excludes halogenated alkanes) is 50. The van der Waals surface area contributed by atoms with Gasteiger partial charge >= 0.3 is 19.8 Å². The maximum Gasteiger partial charge on any atom is 0.472 e. The van der Waals surface area contributed by atoms with Crippen molar-refractivity contribution in [1.82, 2.24) is 0 Å². The Bertz CT molecular complexity index is 2110. The van der Waals surface area contributed by atoms with Gasteiger partial charge in [-0.05, 0) is 83.5 Å². The number of ether oxygens (including phenoxy) is 2. The normalized spacial score (nSPS) is 13.5. The van der Waals surface area contributed by atoms with E-state index in [9.17, 15) is 19.0 Å². The van der Waals surface area contributed by atoms with Crippen molar-refractivity contribution in [3.8, 4) is 0 Å². The standard InChI is InChI=1S/C93H168NO8P/c1-6-8-10-12-14-16-18-20-22-24-26-28-30-32-34-36-38-40-42-44-46-48-49-51-53-55-57-59-61-63-65-67-69-71-73-75-77-79-81-83-85-92(95)99-89-91(90-101-103(97,98)100-88-87-94(3,4)5)102-93(96)86-84-82-80-78-76-74-72-70-68-66-64-62-60-58-56-54-52-50-47-45-43-41-39-37-35-33-31-29-27-25-23-21-19-17-15-13-11-9-7-2/h9,11,15,17,21,23,27,29,33,35,39,41,45,47,52,54,58,60,91H,6-8,10,12-14,16,18-20,22,24-26,28,30-32,34,36-38,40,42-44,46,48-51,53,55-57,59,61-90H2,1-5H3/p+1/b11-9-,17-15-,23-21-,29-27-,35-33-,41-39-,47-45-,54-52-,60-58-. The third kappa shape index (κ3) is 87.5. The van der Waals surface area contributed by atoms with Crippen LogP contribution in [0.3, 0.4) is 0 Å². The highest BCUT2D eigenvalue weighted by Crippen LogP contribution is 2.43. The average Bonchev–Trinajstić information content (AvgIpc) is 1.01. The Morgan fingerprint density at radius 2 is 0.553 bits per heavy atom. The number of carbonyl (C=O) groups is 2. The van der Waals surface area contributed by atoms with Crippen LogP contribution in [0, 0.1) is 0 Å². The molecule has 0 aliphatic rings. The van der Waals surface area contributed by atoms with Gasteiger partial charge < -0.3 is 18.9 Å². The minimum Gasteiger partial charge on any atom is -0.462 e. The Morgan fingerprint density at radius 1 is 0.311 bits per heavy atom. The van der Waals surface area contributed by atoms with E-state index in [0.717, 1.165) is 103 Å². The quantitative estimate of drug-likeness (QED) is 0.0211. The Balaban J connectivity index is 3.92. The number of phosphoric acid groups is 1. The van der Waals surface area contributed by atoms with Crippen molar-refractivity contribution in [3.05, 3.63) is 109 Å². The minimum atomic E-state index is -4.40. The number of carbonyl (C=O) groups excluding carboxylic acids is 2. The fourth-order valence-corrected chi connectivity index (χ4v) is 13.6. The van der Waals surface area contributed by atoms with Crippen LogP contribution in [0.15, 0.2) is 109 Å². The first-order chi connectivity index (χ1) is 50.5. The predicted molar refractivity (Wildman–Crippen MR) is 450 cm³/mol. The van der Waals surface area contributed by atoms with Gasteiger partial charge in [0.2, 0.25) is 0 Å². The molecule has 0 amide bonds. The van der Waals surface area contributed by atoms with Crippen molar-refractivity contribution in [1.29, 1.82) is 0 Å². The fraction of sp³-hybridized carbons (Fsp3) is 0.785. The van der Waals surface area contributed by atoms with Gasteiger partial charge in [-0.15, -0.1) is 0 Å². The zero-order valence-electron chi connectivity index (χ0n) is 68.5. The van der Waals surface area contributed by atoms with Crippen LogP contribution in [0.4, 0.5) is 0 Å². The maximum absolute atomic E-state index is 12.9. The minimum absolute atomic E-state index is 0.0291. The van der Waals surface area contributed by atoms with Crippen molar-refractivity contribution in [2.75, 3.05) is 47.5 Å². The van der Waals surface area contributed by atoms with Crippen molar-refractivity contribution >= 4 is 19.8 Å². The summed E-state index contributed by atoms with van der Waals surface area (Å²) in [5, 5.41) is 0. The molecular weight excluding hydrogens is 1290 g/mol. The van der Waals surface area contributed by atoms with Gasteiger partial charge in [0, 0.05) is 12.8 Å². The zero-order valence-corrected chi connectivity index (χ0v) is 69.4. The summed E-state index contributed by atoms with van der Waals surface area (Å²) in [7, 11) is 1.48. The van der Waals surface area contributed by atoms with Crippen molar-refractivity contribution < 1.29 is 42.1 Å². The molecule has 0 aliphatic carbocycles. The second kappa shape index (κ2) is 82.7. The summed E-state index contributed by atoms with van der Waals surface area (Å²) < 4.78 is 34.9. The van der Waals surface area contributed by atoms with Crippen molar-refractivity contribution in [2.24, 2.45) is 0 Å². The summed E-state index contributed by atoms with van der Waals surface area (Å²) >= 11 is 0. The third-order valence-corrected chi connectivity index (χ3v) is 20.6. The molecular formula is C93H169NO8P+. The lowest BCUT2D eigenvalue weighted by Gasteiger charge is -2.24. The molecule has 0 rings (SSSR count). The third-order valence-electron chi connectivity index (χ3n) is 19.6. The topological polar surface area (TPSA) is 108 Å². The van der Waals surface area contributed by atoms with Crippen LogP contribution < -0.4 is 0 Å². The Morgan fingerprint density at radius 3 is 0.825 bits per heavy atom. The highest BCUT2D eigenvalue weighted by molar-refractivity contribution is 7.47. The van der Waals surface area contributed by atoms with Gasteiger partial charge in [-0.2, -0.15) is 0 Å². The molecule has 2 atom stereocenters. The molecule has 0 aromatic heterocycles. The number of nitrogens with zero attached hydrogens (tertiary/aromatic N) is 1. The van der Waals surface area contributed by atoms with Crippen LogP contribution in [0.25, 0.3) is 0 Å². The molecule has 9 nitrogen and oxygen atoms in total. The number of phosphoric ester groups is 1. The summed E-state index contributed by atoms with van der Waals surface area (Å²) in [6.45, 7) is 4.37. The number of quaternary nitrogens is 1. The van der Waals surface area contributed by atoms with E-state index >= 15 is 0 Å². The monoisotopic (exact) mass is 1460 g/mol. The van der Waals surface area contributed by atoms with Crippen LogP contribution in [0.5, 0.6) is 0 Å². The molecule has 2 unspecified atom stereocenters. The largest absolute Gasteiger partial charge is 0.472 e. The molecule has 0 bridgehead atoms. The molecule has 0 fully saturated rings. The SMILES string of the molecule is CC/C=C\C/C=C\C/C=C\C/C=C\C/C=C\C/C=C\C/C=C\C/C=C\C/C=C\CCCCCCCCCCCCCC(=O)OC(COC(=O)CCCCCCCCCCCCCCCCCCCCCCCCCCCCCCCCCCCCCCCCCC)COP(=O)(O)OCC[N+](C)(C)C. The van der Waals surface area contributed by atoms with Crippen LogP contribution >= 0.6 is 7.82 Å². The summed E-state index contributed by atoms with van der Waals surface area (Å²) in [4.78, 5) is 36.1. The summed E-state index contributed by atoms with van der Waals surface area (Å²) in [5.74, 6) is -0.787. The molecule has 1 N–H and O–H groups in total. The number of likely N-dealkylation sites (N-methyl/N-ethyl adjacent to an activating group) is 1. The molecule has 0 saturated heterocycles. The van der Waals surface area contributed by atoms with E-state index in [0.29, 0.717) is 17.4 Å². The average molecular weight is 1460 g/mol. The molecule has 598 valence electrons. The van der Waals surface area contributed by atoms with E-state index in [-0.39, 0.29) is 32.0 Å². The van der Waals surface area contributed by atoms with Gasteiger partial charge in [0.05, 0.1) is 27.7 Å². The molecule has 0 radical (unpaired) electrons. The molecule has 10 heteroatoms. The van der Waals surface area contributed by atoms with Gasteiger partial charge in [-0.3, -0.25) is 18.6 Å². The summed E-state index contributed by atoms with van der Waals surface area (Å²) in [6.07, 6.45) is 118. The fourth-order valence-electron chi connectivity index (χ4n) is 12.9.